The molecule has 30 nitrogen and oxygen atoms in total. The number of nitrogens with one attached hydrogen (secondary N) is 6. The summed E-state index contributed by atoms with van der Waals surface area (Å²) in [5, 5.41) is 22.5. The number of nitrogen functional groups attached to an aromatic ring is 1. The topological polar surface area (TPSA) is 479 Å². The molecule has 2 bridgehead atoms. The number of benzene rings is 3. The molecule has 406 valence electrons. The number of rotatable bonds is 12. The first kappa shape index (κ1) is 58.0. The smallest absolute Gasteiger partial charge is 0.337 e. The van der Waals surface area contributed by atoms with Crippen molar-refractivity contribution >= 4 is 133 Å². The number of anilines is 1. The van der Waals surface area contributed by atoms with Gasteiger partial charge in [0.25, 0.3) is 32.1 Å². The highest BCUT2D eigenvalue weighted by Crippen LogP contribution is 2.49. The number of carboxylic acid groups (broad SMARTS) is 1. The van der Waals surface area contributed by atoms with Gasteiger partial charge >= 0.3 is 11.9 Å². The van der Waals surface area contributed by atoms with Gasteiger partial charge in [-0.3, -0.25) is 42.7 Å². The number of hydrogen-bond acceptors (Lipinski definition) is 21. The van der Waals surface area contributed by atoms with Gasteiger partial charge in [-0.05, 0) is 35.9 Å². The number of halogens is 2. The van der Waals surface area contributed by atoms with E-state index in [4.69, 9.17) is 43.6 Å². The monoisotopic (exact) mass is 1190 g/mol. The normalized spacial score (nSPS) is 20.4. The van der Waals surface area contributed by atoms with E-state index in [9.17, 15) is 85.7 Å². The van der Waals surface area contributed by atoms with Crippen LogP contribution in [0.5, 0.6) is 0 Å². The SMILES string of the molecule is COS(=O)CC1NC(=O)C(CS(=O)(=O)O)NS(=O)(=O)c2c(N)ccc3c(-c4c(Cl)c(CC(=O)ON5C(=O)CCC5=O)cc(Cl)c4C(=O)O)c4ccc(=N)c(c-4oc23)S(=O)(=O)NCCNC(=O)C(CS(=O)(=O)O)NC1=O. The Hall–Kier alpha value is -6.25. The van der Waals surface area contributed by atoms with E-state index in [0.717, 1.165) is 37.4 Å². The number of aromatic carboxylic acids is 1. The minimum atomic E-state index is -5.73. The zero-order chi connectivity index (χ0) is 55.9. The predicted molar refractivity (Wildman–Crippen MR) is 255 cm³/mol. The van der Waals surface area contributed by atoms with Crippen LogP contribution in [-0.4, -0.2) is 154 Å². The van der Waals surface area contributed by atoms with Gasteiger partial charge in [0, 0.05) is 48.0 Å². The molecule has 37 heteroatoms. The van der Waals surface area contributed by atoms with Crippen molar-refractivity contribution in [3.63, 3.8) is 0 Å². The van der Waals surface area contributed by atoms with E-state index in [0.29, 0.717) is 0 Å². The lowest BCUT2D eigenvalue weighted by Gasteiger charge is -2.25. The van der Waals surface area contributed by atoms with Gasteiger partial charge in [-0.15, -0.1) is 5.06 Å². The Kier molecular flexibility index (Phi) is 17.1. The maximum Gasteiger partial charge on any atom is 0.337 e. The minimum absolute atomic E-state index is 0.186. The van der Waals surface area contributed by atoms with Crippen LogP contribution in [0.2, 0.25) is 10.0 Å². The number of carbonyl (C=O) groups is 7. The van der Waals surface area contributed by atoms with Crippen molar-refractivity contribution in [2.75, 3.05) is 43.2 Å². The van der Waals surface area contributed by atoms with Crippen LogP contribution in [0.25, 0.3) is 33.4 Å². The van der Waals surface area contributed by atoms with Gasteiger partial charge in [0.05, 0.1) is 45.9 Å². The fraction of sp³-hybridized carbons (Fsp3) is 0.316. The molecule has 2 aromatic carbocycles. The maximum absolute atomic E-state index is 14.8. The molecule has 3 heterocycles. The lowest BCUT2D eigenvalue weighted by molar-refractivity contribution is -0.197. The van der Waals surface area contributed by atoms with Crippen LogP contribution in [0.15, 0.2) is 44.5 Å². The van der Waals surface area contributed by atoms with Crippen LogP contribution in [0.4, 0.5) is 5.69 Å². The van der Waals surface area contributed by atoms with Crippen molar-refractivity contribution in [2.24, 2.45) is 0 Å². The van der Waals surface area contributed by atoms with E-state index in [1.54, 1.807) is 4.72 Å². The molecule has 1 saturated heterocycles. The molecule has 4 atom stereocenters. The molecule has 3 aliphatic heterocycles. The highest BCUT2D eigenvalue weighted by Gasteiger charge is 2.40. The van der Waals surface area contributed by atoms with Crippen LogP contribution in [0, 0.1) is 5.41 Å². The van der Waals surface area contributed by atoms with Crippen LogP contribution < -0.4 is 36.5 Å². The molecular formula is C38H38Cl2N8O22S5. The molecule has 0 aromatic heterocycles. The van der Waals surface area contributed by atoms with Crippen molar-refractivity contribution in [3.05, 3.63) is 56.9 Å². The van der Waals surface area contributed by atoms with E-state index in [-0.39, 0.29) is 23.5 Å². The molecule has 1 fully saturated rings. The summed E-state index contributed by atoms with van der Waals surface area (Å²) in [5.74, 6) is -15.4. The molecule has 0 spiro atoms. The summed E-state index contributed by atoms with van der Waals surface area (Å²) in [7, 11) is -20.8. The predicted octanol–water partition coefficient (Wildman–Crippen LogP) is -2.47. The number of sulfonamides is 2. The Morgan fingerprint density at radius 1 is 0.867 bits per heavy atom. The van der Waals surface area contributed by atoms with E-state index < -0.39 is 218 Å². The summed E-state index contributed by atoms with van der Waals surface area (Å²) < 4.78 is 153. The zero-order valence-corrected chi connectivity index (χ0v) is 43.3. The lowest BCUT2D eigenvalue weighted by atomic mass is 9.89. The van der Waals surface area contributed by atoms with Gasteiger partial charge in [-0.2, -0.15) is 21.6 Å². The molecule has 4 unspecified atom stereocenters. The lowest BCUT2D eigenvalue weighted by Crippen LogP contribution is -2.60. The summed E-state index contributed by atoms with van der Waals surface area (Å²) in [4.78, 5) is 94.3. The first-order chi connectivity index (χ1) is 34.7. The summed E-state index contributed by atoms with van der Waals surface area (Å²) in [5.41, 5.74) is 1.15. The quantitative estimate of drug-likeness (QED) is 0.0304. The number of imide groups is 1. The molecule has 75 heavy (non-hydrogen) atoms. The molecule has 4 aliphatic rings. The number of amides is 5. The molecule has 0 saturated carbocycles. The average molecular weight is 1190 g/mol. The van der Waals surface area contributed by atoms with E-state index in [1.165, 1.54) is 0 Å². The summed E-state index contributed by atoms with van der Waals surface area (Å²) in [6.45, 7) is -1.65. The second-order valence-corrected chi connectivity index (χ2v) is 24.3. The first-order valence-corrected chi connectivity index (χ1v) is 28.8. The van der Waals surface area contributed by atoms with Crippen molar-refractivity contribution in [3.8, 4) is 22.5 Å². The molecule has 1 aliphatic carbocycles. The minimum Gasteiger partial charge on any atom is -0.478 e. The van der Waals surface area contributed by atoms with E-state index in [2.05, 4.69) is 9.50 Å². The largest absolute Gasteiger partial charge is 0.478 e. The Balaban J connectivity index is 1.69. The van der Waals surface area contributed by atoms with Crippen LogP contribution in [0.1, 0.15) is 28.8 Å². The average Bonchev–Trinajstić information content (AvgIpc) is 3.60. The number of nitrogens with two attached hydrogens (primary N) is 1. The molecule has 6 rings (SSSR count). The first-order valence-electron chi connectivity index (χ1n) is 20.7. The van der Waals surface area contributed by atoms with Crippen molar-refractivity contribution < 1.29 is 99.1 Å². The van der Waals surface area contributed by atoms with Crippen LogP contribution >= 0.6 is 23.2 Å². The summed E-state index contributed by atoms with van der Waals surface area (Å²) >= 11 is 10.9. The molecule has 2 aromatic rings. The van der Waals surface area contributed by atoms with Gasteiger partial charge in [0.2, 0.25) is 37.8 Å². The number of nitrogens with zero attached hydrogens (tertiary/aromatic N) is 1. The summed E-state index contributed by atoms with van der Waals surface area (Å²) in [6.07, 6.45) is -1.58. The number of carbonyl (C=O) groups excluding carboxylic acids is 6. The van der Waals surface area contributed by atoms with Crippen molar-refractivity contribution in [1.29, 1.82) is 5.41 Å². The zero-order valence-electron chi connectivity index (χ0n) is 37.7. The van der Waals surface area contributed by atoms with Gasteiger partial charge in [-0.1, -0.05) is 23.2 Å². The summed E-state index contributed by atoms with van der Waals surface area (Å²) in [6, 6.07) is -2.81. The molecular weight excluding hydrogens is 1150 g/mol. The molecule has 11 N–H and O–H groups in total. The number of hydroxylamine groups is 2. The van der Waals surface area contributed by atoms with E-state index >= 15 is 0 Å². The fourth-order valence-electron chi connectivity index (χ4n) is 7.51. The third kappa shape index (κ3) is 13.1. The Bertz CT molecular complexity index is 3640. The van der Waals surface area contributed by atoms with Crippen molar-refractivity contribution in [2.45, 2.75) is 47.2 Å². The van der Waals surface area contributed by atoms with Crippen molar-refractivity contribution in [1.82, 2.24) is 30.5 Å². The Labute approximate surface area is 435 Å². The third-order valence-electron chi connectivity index (χ3n) is 10.7. The number of carboxylic acids is 1. The molecule has 5 amide bonds. The Morgan fingerprint density at radius 3 is 2.07 bits per heavy atom. The van der Waals surface area contributed by atoms with Crippen LogP contribution in [0.3, 0.4) is 0 Å². The van der Waals surface area contributed by atoms with Crippen LogP contribution in [-0.2, 0) is 95.6 Å². The fourth-order valence-corrected chi connectivity index (χ4v) is 12.9. The standard InChI is InChI=1S/C38H38Cl2N8O22S5/c1-68-71(57)12-21-36(53)46-22(13-72(58,59)60)35(52)43-8-9-44-74(64,65)33-19(41)4-2-16-27(29-28(38(55)56)18(39)10-15(30(29)40)11-26(51)70-48-24(49)6-7-25(48)50)17-3-5-20(42)34(32(17)69-31(16)33)75(66,67)47-23(37(54)45-21)14-73(61,62)63/h2-5,10,21-23,41,44,47H,6-9,11-14,42H2,1H3,(H,43,52)(H,45,54)(H,46,53)(H,55,56)(H,58,59,60)(H,61,62,63). The second-order valence-electron chi connectivity index (χ2n) is 15.9. The van der Waals surface area contributed by atoms with Gasteiger partial charge < -0.3 is 36.0 Å². The maximum atomic E-state index is 14.8. The Morgan fingerprint density at radius 2 is 1.47 bits per heavy atom. The number of hydrogen-bond donors (Lipinski definition) is 10. The highest BCUT2D eigenvalue weighted by molar-refractivity contribution is 7.90. The van der Waals surface area contributed by atoms with Gasteiger partial charge in [0.1, 0.15) is 34.5 Å². The second kappa shape index (κ2) is 22.1. The van der Waals surface area contributed by atoms with Gasteiger partial charge in [-0.25, -0.2) is 35.4 Å². The van der Waals surface area contributed by atoms with Gasteiger partial charge in [0.15, 0.2) is 27.3 Å². The third-order valence-corrected chi connectivity index (χ3v) is 17.0. The molecule has 0 radical (unpaired) electrons. The highest BCUT2D eigenvalue weighted by atomic mass is 35.5. The van der Waals surface area contributed by atoms with E-state index in [1.807, 2.05) is 15.4 Å².